The number of alkyl halides is 2. The second-order valence-corrected chi connectivity index (χ2v) is 7.51. The number of hydrogen-bond donors (Lipinski definition) is 1. The van der Waals surface area contributed by atoms with Crippen LogP contribution in [0, 0.1) is 16.7 Å². The molecule has 0 unspecified atom stereocenters. The van der Waals surface area contributed by atoms with E-state index in [0.717, 1.165) is 0 Å². The minimum absolute atomic E-state index is 0.0184. The number of imidazole rings is 1. The zero-order valence-electron chi connectivity index (χ0n) is 15.5. The van der Waals surface area contributed by atoms with E-state index in [-0.39, 0.29) is 22.6 Å². The van der Waals surface area contributed by atoms with Gasteiger partial charge in [0.25, 0.3) is 6.43 Å². The highest BCUT2D eigenvalue weighted by atomic mass is 19.3. The molecule has 0 amide bonds. The first-order valence-electron chi connectivity index (χ1n) is 8.67. The van der Waals surface area contributed by atoms with Crippen LogP contribution in [0.4, 0.5) is 14.5 Å². The molecule has 2 aromatic rings. The third-order valence-electron chi connectivity index (χ3n) is 5.21. The van der Waals surface area contributed by atoms with Crippen LogP contribution in [0.5, 0.6) is 0 Å². The highest BCUT2D eigenvalue weighted by molar-refractivity contribution is 5.59. The van der Waals surface area contributed by atoms with Gasteiger partial charge < -0.3 is 14.6 Å². The Balaban J connectivity index is 2.03. The van der Waals surface area contributed by atoms with E-state index in [9.17, 15) is 13.9 Å². The molecular weight excluding hydrogens is 350 g/mol. The molecule has 5 nitrogen and oxygen atoms in total. The molecule has 0 spiro atoms. The van der Waals surface area contributed by atoms with Gasteiger partial charge in [0.2, 0.25) is 0 Å². The van der Waals surface area contributed by atoms with Crippen LogP contribution in [0.2, 0.25) is 0 Å². The molecule has 0 bridgehead atoms. The molecule has 2 atom stereocenters. The van der Waals surface area contributed by atoms with Gasteiger partial charge in [-0.3, -0.25) is 0 Å². The fourth-order valence-electron chi connectivity index (χ4n) is 3.74. The van der Waals surface area contributed by atoms with Gasteiger partial charge in [-0.2, -0.15) is 5.26 Å². The molecule has 1 aliphatic carbocycles. The van der Waals surface area contributed by atoms with Crippen molar-refractivity contribution in [3.63, 3.8) is 0 Å². The van der Waals surface area contributed by atoms with Gasteiger partial charge in [-0.25, -0.2) is 13.8 Å². The van der Waals surface area contributed by atoms with Gasteiger partial charge in [-0.15, -0.1) is 0 Å². The van der Waals surface area contributed by atoms with Crippen LogP contribution in [0.3, 0.4) is 0 Å². The van der Waals surface area contributed by atoms with Crippen LogP contribution >= 0.6 is 0 Å². The lowest BCUT2D eigenvalue weighted by Gasteiger charge is -2.45. The predicted molar refractivity (Wildman–Crippen MR) is 99.2 cm³/mol. The van der Waals surface area contributed by atoms with Gasteiger partial charge in [0, 0.05) is 30.7 Å². The lowest BCUT2D eigenvalue weighted by Crippen LogP contribution is -2.47. The average Bonchev–Trinajstić information content (AvgIpc) is 3.14. The number of hydrogen-bond acceptors (Lipinski definition) is 4. The van der Waals surface area contributed by atoms with Crippen molar-refractivity contribution in [2.45, 2.75) is 38.8 Å². The number of anilines is 1. The minimum atomic E-state index is -2.72. The van der Waals surface area contributed by atoms with Crippen LogP contribution in [0.15, 0.2) is 43.0 Å². The van der Waals surface area contributed by atoms with E-state index < -0.39 is 12.5 Å². The summed E-state index contributed by atoms with van der Waals surface area (Å²) in [6, 6.07) is 6.15. The lowest BCUT2D eigenvalue weighted by molar-refractivity contribution is 0.134. The van der Waals surface area contributed by atoms with Gasteiger partial charge in [0.1, 0.15) is 0 Å². The quantitative estimate of drug-likeness (QED) is 0.886. The molecule has 0 saturated carbocycles. The molecule has 142 valence electrons. The molecule has 1 aromatic carbocycles. The van der Waals surface area contributed by atoms with E-state index >= 15 is 0 Å². The normalized spacial score (nSPS) is 21.6. The molecule has 27 heavy (non-hydrogen) atoms. The molecule has 0 aliphatic heterocycles. The summed E-state index contributed by atoms with van der Waals surface area (Å²) in [6.07, 6.45) is 4.15. The first-order chi connectivity index (χ1) is 12.7. The van der Waals surface area contributed by atoms with Crippen LogP contribution in [0.25, 0.3) is 5.70 Å². The zero-order valence-corrected chi connectivity index (χ0v) is 15.5. The Morgan fingerprint density at radius 1 is 1.41 bits per heavy atom. The summed E-state index contributed by atoms with van der Waals surface area (Å²) in [7, 11) is 1.84. The highest BCUT2D eigenvalue weighted by Crippen LogP contribution is 2.41. The zero-order chi connectivity index (χ0) is 19.8. The molecule has 1 aromatic heterocycles. The Hall–Kier alpha value is -2.72. The molecule has 0 saturated heterocycles. The SMILES string of the molecule is CN(c1ccc(C#N)c(C(F)F)c1)[C@H]1C=C(n2ccnc2)[C@H](O)CC1(C)C. The van der Waals surface area contributed by atoms with Crippen molar-refractivity contribution in [2.75, 3.05) is 11.9 Å². The van der Waals surface area contributed by atoms with Gasteiger partial charge in [0.15, 0.2) is 0 Å². The topological polar surface area (TPSA) is 65.1 Å². The van der Waals surface area contributed by atoms with Gasteiger partial charge in [0.05, 0.1) is 35.8 Å². The van der Waals surface area contributed by atoms with Crippen molar-refractivity contribution in [1.82, 2.24) is 9.55 Å². The van der Waals surface area contributed by atoms with Crippen LogP contribution in [0.1, 0.15) is 37.8 Å². The van der Waals surface area contributed by atoms with E-state index in [0.29, 0.717) is 17.8 Å². The second kappa shape index (κ2) is 7.12. The second-order valence-electron chi connectivity index (χ2n) is 7.51. The van der Waals surface area contributed by atoms with Crippen molar-refractivity contribution in [1.29, 1.82) is 5.26 Å². The molecule has 1 N–H and O–H groups in total. The number of nitriles is 1. The van der Waals surface area contributed by atoms with E-state index in [1.807, 2.05) is 37.9 Å². The van der Waals surface area contributed by atoms with Crippen molar-refractivity contribution < 1.29 is 13.9 Å². The third kappa shape index (κ3) is 3.58. The minimum Gasteiger partial charge on any atom is -0.387 e. The summed E-state index contributed by atoms with van der Waals surface area (Å²) in [4.78, 5) is 5.94. The summed E-state index contributed by atoms with van der Waals surface area (Å²) in [5.74, 6) is 0. The number of likely N-dealkylation sites (N-methyl/N-ethyl adjacent to an activating group) is 1. The Morgan fingerprint density at radius 3 is 2.74 bits per heavy atom. The number of rotatable bonds is 4. The molecule has 0 fully saturated rings. The van der Waals surface area contributed by atoms with E-state index in [1.165, 1.54) is 12.1 Å². The Morgan fingerprint density at radius 2 is 2.15 bits per heavy atom. The molecule has 1 heterocycles. The van der Waals surface area contributed by atoms with Crippen molar-refractivity contribution in [3.05, 3.63) is 54.1 Å². The highest BCUT2D eigenvalue weighted by Gasteiger charge is 2.39. The van der Waals surface area contributed by atoms with Gasteiger partial charge >= 0.3 is 0 Å². The summed E-state index contributed by atoms with van der Waals surface area (Å²) in [5.41, 5.74) is 0.729. The maximum Gasteiger partial charge on any atom is 0.265 e. The number of halogens is 2. The van der Waals surface area contributed by atoms with Crippen LogP contribution in [-0.2, 0) is 0 Å². The third-order valence-corrected chi connectivity index (χ3v) is 5.21. The Labute approximate surface area is 157 Å². The fraction of sp³-hybridized carbons (Fsp3) is 0.400. The summed E-state index contributed by atoms with van der Waals surface area (Å²) in [5, 5.41) is 19.6. The summed E-state index contributed by atoms with van der Waals surface area (Å²) >= 11 is 0. The smallest absolute Gasteiger partial charge is 0.265 e. The number of aromatic nitrogens is 2. The first-order valence-corrected chi connectivity index (χ1v) is 8.67. The fourth-order valence-corrected chi connectivity index (χ4v) is 3.74. The van der Waals surface area contributed by atoms with Crippen molar-refractivity contribution in [2.24, 2.45) is 5.41 Å². The summed E-state index contributed by atoms with van der Waals surface area (Å²) < 4.78 is 28.4. The summed E-state index contributed by atoms with van der Waals surface area (Å²) in [6.45, 7) is 4.08. The first kappa shape index (κ1) is 19.1. The van der Waals surface area contributed by atoms with Gasteiger partial charge in [-0.05, 0) is 36.1 Å². The maximum atomic E-state index is 13.3. The van der Waals surface area contributed by atoms with Crippen LogP contribution < -0.4 is 4.90 Å². The Bertz CT molecular complexity index is 884. The molecule has 1 aliphatic rings. The monoisotopic (exact) mass is 372 g/mol. The van der Waals surface area contributed by atoms with Crippen molar-refractivity contribution in [3.8, 4) is 6.07 Å². The molecule has 3 rings (SSSR count). The van der Waals surface area contributed by atoms with Gasteiger partial charge in [-0.1, -0.05) is 13.8 Å². The van der Waals surface area contributed by atoms with E-state index in [4.69, 9.17) is 5.26 Å². The van der Waals surface area contributed by atoms with Crippen LogP contribution in [-0.4, -0.2) is 33.9 Å². The molecule has 7 heteroatoms. The largest absolute Gasteiger partial charge is 0.387 e. The maximum absolute atomic E-state index is 13.3. The number of benzene rings is 1. The number of aliphatic hydroxyl groups excluding tert-OH is 1. The standard InChI is InChI=1S/C20H22F2N4O/c1-20(2)10-17(27)16(26-7-6-24-12-26)9-18(20)25(3)14-5-4-13(11-23)15(8-14)19(21)22/h4-9,12,17-19,27H,10H2,1-3H3/t17-,18+/m1/s1. The number of nitrogens with zero attached hydrogens (tertiary/aromatic N) is 4. The van der Waals surface area contributed by atoms with E-state index in [2.05, 4.69) is 4.98 Å². The molecular formula is C20H22F2N4O. The lowest BCUT2D eigenvalue weighted by atomic mass is 9.73. The van der Waals surface area contributed by atoms with Crippen molar-refractivity contribution >= 4 is 11.4 Å². The number of aliphatic hydroxyl groups is 1. The van der Waals surface area contributed by atoms with E-state index in [1.54, 1.807) is 29.4 Å². The predicted octanol–water partition coefficient (Wildman–Crippen LogP) is 3.83. The Kier molecular flexibility index (Phi) is 5.03. The average molecular weight is 372 g/mol. The molecule has 0 radical (unpaired) electrons.